The number of rotatable bonds is 6. The number of carbonyl (C=O) groups excluding carboxylic acids is 1. The van der Waals surface area contributed by atoms with Gasteiger partial charge in [-0.25, -0.2) is 0 Å². The fraction of sp³-hybridized carbons (Fsp3) is 0.222. The van der Waals surface area contributed by atoms with Crippen LogP contribution in [0.5, 0.6) is 17.2 Å². The van der Waals surface area contributed by atoms with Crippen molar-refractivity contribution in [3.8, 4) is 17.2 Å². The number of amides is 1. The number of aromatic hydroxyl groups is 1. The summed E-state index contributed by atoms with van der Waals surface area (Å²) in [7, 11) is 0. The fourth-order valence-electron chi connectivity index (χ4n) is 2.22. The van der Waals surface area contributed by atoms with Crippen molar-refractivity contribution in [1.29, 1.82) is 0 Å². The topological polar surface area (TPSA) is 95.9 Å². The summed E-state index contributed by atoms with van der Waals surface area (Å²) in [6.07, 6.45) is 0. The number of aliphatic carboxylic acids is 1. The number of halogens is 2. The molecule has 0 spiro atoms. The normalized spacial score (nSPS) is 10.7. The molecule has 0 unspecified atom stereocenters. The number of ether oxygens (including phenoxy) is 1. The molecule has 0 aromatic heterocycles. The van der Waals surface area contributed by atoms with Crippen LogP contribution in [0.2, 0.25) is 5.02 Å². The van der Waals surface area contributed by atoms with E-state index in [0.717, 1.165) is 5.56 Å². The Bertz CT molecular complexity index is 830. The van der Waals surface area contributed by atoms with Crippen LogP contribution in [0.1, 0.15) is 35.7 Å². The molecule has 2 aromatic carbocycles. The van der Waals surface area contributed by atoms with Gasteiger partial charge in [-0.15, -0.1) is 0 Å². The minimum Gasteiger partial charge on any atom is -0.508 e. The number of hydrogen-bond donors (Lipinski definition) is 3. The smallest absolute Gasteiger partial charge is 0.322 e. The molecular weight excluding hydrogens is 473 g/mol. The van der Waals surface area contributed by atoms with E-state index in [2.05, 4.69) is 5.32 Å². The van der Waals surface area contributed by atoms with E-state index in [-0.39, 0.29) is 22.3 Å². The van der Waals surface area contributed by atoms with Crippen molar-refractivity contribution >= 4 is 46.1 Å². The molecule has 2 aromatic rings. The lowest BCUT2D eigenvalue weighted by molar-refractivity contribution is -0.135. The molecule has 3 N–H and O–H groups in total. The highest BCUT2D eigenvalue weighted by Crippen LogP contribution is 2.37. The summed E-state index contributed by atoms with van der Waals surface area (Å²) < 4.78 is 6.43. The van der Waals surface area contributed by atoms with Crippen molar-refractivity contribution in [2.75, 3.05) is 6.54 Å². The number of carboxylic acids is 1. The van der Waals surface area contributed by atoms with E-state index < -0.39 is 18.4 Å². The van der Waals surface area contributed by atoms with Crippen molar-refractivity contribution in [2.24, 2.45) is 0 Å². The van der Waals surface area contributed by atoms with Crippen LogP contribution in [0.3, 0.4) is 0 Å². The van der Waals surface area contributed by atoms with Gasteiger partial charge in [-0.2, -0.15) is 0 Å². The molecular formula is C18H17ClINO5. The van der Waals surface area contributed by atoms with Crippen LogP contribution in [0.25, 0.3) is 0 Å². The first-order valence-corrected chi connectivity index (χ1v) is 9.14. The van der Waals surface area contributed by atoms with Crippen molar-refractivity contribution in [3.05, 3.63) is 50.1 Å². The minimum absolute atomic E-state index is 0.119. The zero-order valence-electron chi connectivity index (χ0n) is 14.0. The van der Waals surface area contributed by atoms with Crippen molar-refractivity contribution in [1.82, 2.24) is 5.32 Å². The lowest BCUT2D eigenvalue weighted by atomic mass is 10.0. The van der Waals surface area contributed by atoms with Crippen molar-refractivity contribution < 1.29 is 24.5 Å². The third kappa shape index (κ3) is 5.01. The maximum Gasteiger partial charge on any atom is 0.322 e. The zero-order chi connectivity index (χ0) is 19.4. The van der Waals surface area contributed by atoms with Gasteiger partial charge in [-0.3, -0.25) is 9.59 Å². The van der Waals surface area contributed by atoms with E-state index in [1.165, 1.54) is 6.07 Å². The van der Waals surface area contributed by atoms with Crippen LogP contribution < -0.4 is 10.1 Å². The first-order chi connectivity index (χ1) is 12.2. The van der Waals surface area contributed by atoms with Crippen LogP contribution in [0, 0.1) is 3.57 Å². The molecule has 0 aliphatic carbocycles. The Kier molecular flexibility index (Phi) is 6.71. The summed E-state index contributed by atoms with van der Waals surface area (Å²) in [5.74, 6) is -0.471. The van der Waals surface area contributed by atoms with E-state index >= 15 is 0 Å². The third-order valence-corrected chi connectivity index (χ3v) is 4.58. The molecule has 0 aliphatic rings. The number of phenolic OH excluding ortho intramolecular Hbond substituents is 1. The molecule has 26 heavy (non-hydrogen) atoms. The van der Waals surface area contributed by atoms with Crippen molar-refractivity contribution in [2.45, 2.75) is 19.8 Å². The van der Waals surface area contributed by atoms with Crippen LogP contribution in [0.15, 0.2) is 30.3 Å². The first kappa shape index (κ1) is 20.3. The standard InChI is InChI=1S/C18H17ClINO5/c1-9(2)12-7-11(3-4-15(12)22)26-17-13(19)5-10(6-14(17)20)18(25)21-8-16(23)24/h3-7,9,22H,8H2,1-2H3,(H,21,25)(H,23,24). The quantitative estimate of drug-likeness (QED) is 0.524. The average Bonchev–Trinajstić information content (AvgIpc) is 2.56. The van der Waals surface area contributed by atoms with Gasteiger partial charge in [0, 0.05) is 11.1 Å². The van der Waals surface area contributed by atoms with Gasteiger partial charge in [0.1, 0.15) is 18.0 Å². The molecule has 8 heteroatoms. The van der Waals surface area contributed by atoms with Crippen molar-refractivity contribution in [3.63, 3.8) is 0 Å². The molecule has 0 saturated heterocycles. The van der Waals surface area contributed by atoms with Gasteiger partial charge in [-0.05, 0) is 58.8 Å². The lowest BCUT2D eigenvalue weighted by Crippen LogP contribution is -2.29. The van der Waals surface area contributed by atoms with Crippen LogP contribution in [-0.4, -0.2) is 28.6 Å². The molecule has 0 radical (unpaired) electrons. The largest absolute Gasteiger partial charge is 0.508 e. The Morgan fingerprint density at radius 3 is 2.54 bits per heavy atom. The van der Waals surface area contributed by atoms with Gasteiger partial charge >= 0.3 is 5.97 Å². The maximum absolute atomic E-state index is 12.0. The summed E-state index contributed by atoms with van der Waals surface area (Å²) >= 11 is 8.24. The highest BCUT2D eigenvalue weighted by atomic mass is 127. The molecule has 0 atom stereocenters. The lowest BCUT2D eigenvalue weighted by Gasteiger charge is -2.14. The number of phenols is 1. The monoisotopic (exact) mass is 489 g/mol. The number of hydrogen-bond acceptors (Lipinski definition) is 4. The van der Waals surface area contributed by atoms with Crippen LogP contribution in [0.4, 0.5) is 0 Å². The van der Waals surface area contributed by atoms with E-state index in [9.17, 15) is 14.7 Å². The van der Waals surface area contributed by atoms with E-state index in [0.29, 0.717) is 15.1 Å². The van der Waals surface area contributed by atoms with E-state index in [4.69, 9.17) is 21.4 Å². The van der Waals surface area contributed by atoms with E-state index in [1.54, 1.807) is 24.3 Å². The molecule has 0 bridgehead atoms. The second kappa shape index (κ2) is 8.59. The van der Waals surface area contributed by atoms with Gasteiger partial charge < -0.3 is 20.3 Å². The summed E-state index contributed by atoms with van der Waals surface area (Å²) in [6.45, 7) is 3.44. The molecule has 0 aliphatic heterocycles. The SMILES string of the molecule is CC(C)c1cc(Oc2c(Cl)cc(C(=O)NCC(=O)O)cc2I)ccc1O. The van der Waals surface area contributed by atoms with Gasteiger partial charge in [0.15, 0.2) is 5.75 Å². The Labute approximate surface area is 169 Å². The molecule has 0 saturated carbocycles. The number of benzene rings is 2. The Morgan fingerprint density at radius 2 is 1.96 bits per heavy atom. The third-order valence-electron chi connectivity index (χ3n) is 3.50. The summed E-state index contributed by atoms with van der Waals surface area (Å²) in [5.41, 5.74) is 0.986. The zero-order valence-corrected chi connectivity index (χ0v) is 17.0. The predicted molar refractivity (Wildman–Crippen MR) is 106 cm³/mol. The molecule has 138 valence electrons. The highest BCUT2D eigenvalue weighted by molar-refractivity contribution is 14.1. The average molecular weight is 490 g/mol. The van der Waals surface area contributed by atoms with E-state index in [1.807, 2.05) is 36.4 Å². The fourth-order valence-corrected chi connectivity index (χ4v) is 3.38. The van der Waals surface area contributed by atoms with Gasteiger partial charge in [0.05, 0.1) is 8.59 Å². The predicted octanol–water partition coefficient (Wildman–Crippen LogP) is 4.38. The maximum atomic E-state index is 12.0. The van der Waals surface area contributed by atoms with Gasteiger partial charge in [0.2, 0.25) is 0 Å². The summed E-state index contributed by atoms with van der Waals surface area (Å²) in [4.78, 5) is 22.5. The Hall–Kier alpha value is -2.00. The van der Waals surface area contributed by atoms with Gasteiger partial charge in [-0.1, -0.05) is 25.4 Å². The molecule has 0 fully saturated rings. The molecule has 0 heterocycles. The first-order valence-electron chi connectivity index (χ1n) is 7.68. The van der Waals surface area contributed by atoms with Crippen LogP contribution in [-0.2, 0) is 4.79 Å². The van der Waals surface area contributed by atoms with Gasteiger partial charge in [0.25, 0.3) is 5.91 Å². The molecule has 6 nitrogen and oxygen atoms in total. The Morgan fingerprint density at radius 1 is 1.27 bits per heavy atom. The highest BCUT2D eigenvalue weighted by Gasteiger charge is 2.16. The number of carbonyl (C=O) groups is 2. The molecule has 2 rings (SSSR count). The number of carboxylic acid groups (broad SMARTS) is 1. The number of nitrogens with one attached hydrogen (secondary N) is 1. The second-order valence-corrected chi connectivity index (χ2v) is 7.39. The second-order valence-electron chi connectivity index (χ2n) is 5.82. The van der Waals surface area contributed by atoms with Crippen LogP contribution >= 0.6 is 34.2 Å². The summed E-state index contributed by atoms with van der Waals surface area (Å²) in [5, 5.41) is 21.0. The summed E-state index contributed by atoms with van der Waals surface area (Å²) in [6, 6.07) is 7.89. The Balaban J connectivity index is 2.27. The molecule has 1 amide bonds. The minimum atomic E-state index is -1.13.